The van der Waals surface area contributed by atoms with Gasteiger partial charge in [-0.15, -0.1) is 0 Å². The molecule has 0 heterocycles. The van der Waals surface area contributed by atoms with Crippen molar-refractivity contribution in [3.05, 3.63) is 100 Å². The summed E-state index contributed by atoms with van der Waals surface area (Å²) in [6.45, 7) is 6.39. The Balaban J connectivity index is 1.43. The third-order valence-electron chi connectivity index (χ3n) is 6.01. The van der Waals surface area contributed by atoms with Crippen LogP contribution in [-0.2, 0) is 5.41 Å². The first-order chi connectivity index (χ1) is 18.1. The highest BCUT2D eigenvalue weighted by molar-refractivity contribution is 9.10. The largest absolute Gasteiger partial charge is 0.495 e. The van der Waals surface area contributed by atoms with E-state index < -0.39 is 5.91 Å². The molecule has 2 amide bonds. The maximum atomic E-state index is 13.1. The predicted octanol–water partition coefficient (Wildman–Crippen LogP) is 7.29. The van der Waals surface area contributed by atoms with Gasteiger partial charge in [0.15, 0.2) is 5.11 Å². The third kappa shape index (κ3) is 6.20. The molecule has 0 saturated heterocycles. The maximum Gasteiger partial charge on any atom is 0.261 e. The molecule has 0 aliphatic rings. The number of hydrogen-bond donors (Lipinski definition) is 3. The Morgan fingerprint density at radius 2 is 1.50 bits per heavy atom. The Morgan fingerprint density at radius 3 is 2.16 bits per heavy atom. The Kier molecular flexibility index (Phi) is 8.14. The van der Waals surface area contributed by atoms with Crippen LogP contribution in [0.4, 0.5) is 11.4 Å². The molecule has 0 aliphatic carbocycles. The number of fused-ring (bicyclic) bond motifs is 1. The number of halogens is 1. The van der Waals surface area contributed by atoms with E-state index in [-0.39, 0.29) is 16.4 Å². The van der Waals surface area contributed by atoms with Crippen LogP contribution in [0.25, 0.3) is 10.8 Å². The lowest BCUT2D eigenvalue weighted by atomic mass is 9.87. The molecule has 194 valence electrons. The molecule has 0 bridgehead atoms. The first-order valence-corrected chi connectivity index (χ1v) is 13.2. The van der Waals surface area contributed by atoms with E-state index in [1.54, 1.807) is 30.3 Å². The molecular formula is C30H28BrN3O3S. The minimum atomic E-state index is -0.408. The van der Waals surface area contributed by atoms with Crippen LogP contribution in [0.1, 0.15) is 47.1 Å². The van der Waals surface area contributed by atoms with Crippen molar-refractivity contribution >= 4 is 67.2 Å². The smallest absolute Gasteiger partial charge is 0.261 e. The van der Waals surface area contributed by atoms with Gasteiger partial charge in [-0.05, 0) is 86.3 Å². The Hall–Kier alpha value is -3.75. The number of benzene rings is 4. The monoisotopic (exact) mass is 589 g/mol. The van der Waals surface area contributed by atoms with Crippen molar-refractivity contribution in [2.24, 2.45) is 0 Å². The topological polar surface area (TPSA) is 79.5 Å². The van der Waals surface area contributed by atoms with Gasteiger partial charge >= 0.3 is 0 Å². The van der Waals surface area contributed by atoms with Crippen LogP contribution >= 0.6 is 28.1 Å². The molecule has 6 nitrogen and oxygen atoms in total. The lowest BCUT2D eigenvalue weighted by molar-refractivity contribution is 0.0973. The standard InChI is InChI=1S/C30H28BrN3O3S/c1-30(2,3)20-14-12-18(13-15-20)27(35)32-21-9-7-10-22(17-21)33-29(38)34-28(36)24-16-19-8-5-6-11-23(19)25(31)26(24)37-4/h5-17H,1-4H3,(H,32,35)(H2,33,34,36,38). The summed E-state index contributed by atoms with van der Waals surface area (Å²) in [6, 6.07) is 24.1. The van der Waals surface area contributed by atoms with Crippen LogP contribution in [0.2, 0.25) is 0 Å². The van der Waals surface area contributed by atoms with Gasteiger partial charge in [-0.3, -0.25) is 14.9 Å². The first-order valence-electron chi connectivity index (χ1n) is 12.0. The van der Waals surface area contributed by atoms with Gasteiger partial charge in [0.1, 0.15) is 5.75 Å². The molecule has 4 aromatic rings. The van der Waals surface area contributed by atoms with E-state index in [9.17, 15) is 9.59 Å². The molecule has 0 aromatic heterocycles. The minimum Gasteiger partial charge on any atom is -0.495 e. The lowest BCUT2D eigenvalue weighted by Crippen LogP contribution is -2.34. The molecule has 38 heavy (non-hydrogen) atoms. The van der Waals surface area contributed by atoms with Crippen molar-refractivity contribution in [1.82, 2.24) is 5.32 Å². The van der Waals surface area contributed by atoms with Crippen molar-refractivity contribution in [2.45, 2.75) is 26.2 Å². The molecule has 8 heteroatoms. The zero-order valence-electron chi connectivity index (χ0n) is 21.5. The van der Waals surface area contributed by atoms with Gasteiger partial charge in [-0.25, -0.2) is 0 Å². The van der Waals surface area contributed by atoms with Crippen LogP contribution in [0.3, 0.4) is 0 Å². The predicted molar refractivity (Wildman–Crippen MR) is 161 cm³/mol. The van der Waals surface area contributed by atoms with Crippen LogP contribution in [0.5, 0.6) is 5.75 Å². The molecule has 4 aromatic carbocycles. The summed E-state index contributed by atoms with van der Waals surface area (Å²) in [5.74, 6) is -0.203. The average Bonchev–Trinajstić information content (AvgIpc) is 2.88. The fourth-order valence-corrected chi connectivity index (χ4v) is 4.93. The number of ether oxygens (including phenoxy) is 1. The van der Waals surface area contributed by atoms with Crippen LogP contribution in [-0.4, -0.2) is 24.0 Å². The van der Waals surface area contributed by atoms with E-state index in [4.69, 9.17) is 17.0 Å². The summed E-state index contributed by atoms with van der Waals surface area (Å²) in [5.41, 5.74) is 3.29. The van der Waals surface area contributed by atoms with Crippen molar-refractivity contribution in [3.63, 3.8) is 0 Å². The number of thiocarbonyl (C=S) groups is 1. The summed E-state index contributed by atoms with van der Waals surface area (Å²) in [7, 11) is 1.51. The summed E-state index contributed by atoms with van der Waals surface area (Å²) in [6.07, 6.45) is 0. The number of carbonyl (C=O) groups excluding carboxylic acids is 2. The molecule has 3 N–H and O–H groups in total. The second-order valence-corrected chi connectivity index (χ2v) is 11.0. The summed E-state index contributed by atoms with van der Waals surface area (Å²) < 4.78 is 6.20. The molecular weight excluding hydrogens is 562 g/mol. The van der Waals surface area contributed by atoms with Crippen LogP contribution in [0, 0.1) is 0 Å². The van der Waals surface area contributed by atoms with E-state index in [0.29, 0.717) is 32.7 Å². The lowest BCUT2D eigenvalue weighted by Gasteiger charge is -2.19. The summed E-state index contributed by atoms with van der Waals surface area (Å²) in [5, 5.41) is 10.6. The number of carbonyl (C=O) groups is 2. The number of anilines is 2. The number of nitrogens with one attached hydrogen (secondary N) is 3. The van der Waals surface area contributed by atoms with Crippen LogP contribution < -0.4 is 20.7 Å². The van der Waals surface area contributed by atoms with Crippen molar-refractivity contribution in [1.29, 1.82) is 0 Å². The average molecular weight is 591 g/mol. The number of rotatable bonds is 5. The first kappa shape index (κ1) is 27.3. The third-order valence-corrected chi connectivity index (χ3v) is 7.00. The van der Waals surface area contributed by atoms with Gasteiger partial charge in [0.25, 0.3) is 11.8 Å². The van der Waals surface area contributed by atoms with Gasteiger partial charge in [0, 0.05) is 16.9 Å². The van der Waals surface area contributed by atoms with E-state index in [2.05, 4.69) is 52.7 Å². The van der Waals surface area contributed by atoms with E-state index in [1.807, 2.05) is 48.5 Å². The highest BCUT2D eigenvalue weighted by atomic mass is 79.9. The van der Waals surface area contributed by atoms with Crippen molar-refractivity contribution < 1.29 is 14.3 Å². The van der Waals surface area contributed by atoms with E-state index >= 15 is 0 Å². The molecule has 0 fully saturated rings. The molecule has 0 spiro atoms. The van der Waals surface area contributed by atoms with Gasteiger partial charge in [-0.2, -0.15) is 0 Å². The second kappa shape index (κ2) is 11.3. The van der Waals surface area contributed by atoms with Crippen LogP contribution in [0.15, 0.2) is 83.3 Å². The zero-order valence-corrected chi connectivity index (χ0v) is 23.9. The summed E-state index contributed by atoms with van der Waals surface area (Å²) in [4.78, 5) is 25.8. The Morgan fingerprint density at radius 1 is 0.842 bits per heavy atom. The summed E-state index contributed by atoms with van der Waals surface area (Å²) >= 11 is 8.94. The molecule has 4 rings (SSSR count). The molecule has 0 radical (unpaired) electrons. The zero-order chi connectivity index (χ0) is 27.4. The van der Waals surface area contributed by atoms with Gasteiger partial charge in [0.2, 0.25) is 0 Å². The van der Waals surface area contributed by atoms with Gasteiger partial charge in [0.05, 0.1) is 17.1 Å². The van der Waals surface area contributed by atoms with E-state index in [0.717, 1.165) is 16.3 Å². The fraction of sp³-hybridized carbons (Fsp3) is 0.167. The van der Waals surface area contributed by atoms with Crippen molar-refractivity contribution in [3.8, 4) is 5.75 Å². The Labute approximate surface area is 235 Å². The van der Waals surface area contributed by atoms with E-state index in [1.165, 1.54) is 7.11 Å². The molecule has 0 atom stereocenters. The molecule has 0 aliphatic heterocycles. The Bertz CT molecular complexity index is 1530. The highest BCUT2D eigenvalue weighted by Crippen LogP contribution is 2.36. The minimum absolute atomic E-state index is 0.0127. The fourth-order valence-electron chi connectivity index (χ4n) is 3.98. The normalized spacial score (nSPS) is 11.1. The SMILES string of the molecule is COc1c(C(=O)NC(=S)Nc2cccc(NC(=O)c3ccc(C(C)(C)C)cc3)c2)cc2ccccc2c1Br. The quantitative estimate of drug-likeness (QED) is 0.213. The molecule has 0 unspecified atom stereocenters. The van der Waals surface area contributed by atoms with Gasteiger partial charge < -0.3 is 15.4 Å². The second-order valence-electron chi connectivity index (χ2n) is 9.76. The maximum absolute atomic E-state index is 13.1. The number of methoxy groups -OCH3 is 1. The van der Waals surface area contributed by atoms with Gasteiger partial charge in [-0.1, -0.05) is 63.2 Å². The number of hydrogen-bond acceptors (Lipinski definition) is 4. The highest BCUT2D eigenvalue weighted by Gasteiger charge is 2.19. The van der Waals surface area contributed by atoms with Crippen molar-refractivity contribution in [2.75, 3.05) is 17.7 Å². The molecule has 0 saturated carbocycles. The number of amides is 2.